The molecule has 0 atom stereocenters. The smallest absolute Gasteiger partial charge is 0.224 e. The first-order valence-corrected chi connectivity index (χ1v) is 8.84. The van der Waals surface area contributed by atoms with Gasteiger partial charge in [0.25, 0.3) is 0 Å². The van der Waals surface area contributed by atoms with Crippen LogP contribution in [0.4, 0.5) is 11.8 Å². The minimum Gasteiger partial charge on any atom is -0.493 e. The zero-order valence-electron chi connectivity index (χ0n) is 15.6. The third kappa shape index (κ3) is 5.34. The number of rotatable bonds is 9. The molecule has 3 aromatic rings. The fraction of sp³-hybridized carbons (Fsp3) is 0.238. The summed E-state index contributed by atoms with van der Waals surface area (Å²) in [5.74, 6) is 2.87. The molecule has 140 valence electrons. The fourth-order valence-corrected chi connectivity index (χ4v) is 2.69. The van der Waals surface area contributed by atoms with Crippen LogP contribution in [0.15, 0.2) is 60.8 Å². The van der Waals surface area contributed by atoms with Crippen molar-refractivity contribution >= 4 is 11.8 Å². The number of hydrogen-bond donors (Lipinski definition) is 2. The lowest BCUT2D eigenvalue weighted by Gasteiger charge is -2.11. The third-order valence-corrected chi connectivity index (χ3v) is 4.12. The molecule has 1 heterocycles. The van der Waals surface area contributed by atoms with Crippen molar-refractivity contribution in [3.05, 3.63) is 71.9 Å². The number of anilines is 2. The first-order valence-electron chi connectivity index (χ1n) is 8.84. The van der Waals surface area contributed by atoms with Crippen molar-refractivity contribution < 1.29 is 9.47 Å². The van der Waals surface area contributed by atoms with E-state index in [-0.39, 0.29) is 0 Å². The molecule has 0 unspecified atom stereocenters. The molecule has 0 radical (unpaired) electrons. The summed E-state index contributed by atoms with van der Waals surface area (Å²) in [6, 6.07) is 18.0. The zero-order valence-corrected chi connectivity index (χ0v) is 15.6. The minimum absolute atomic E-state index is 0.606. The van der Waals surface area contributed by atoms with E-state index in [4.69, 9.17) is 9.47 Å². The molecule has 1 aromatic heterocycles. The Morgan fingerprint density at radius 1 is 0.852 bits per heavy atom. The highest BCUT2D eigenvalue weighted by Crippen LogP contribution is 2.27. The number of nitrogens with one attached hydrogen (secondary N) is 2. The van der Waals surface area contributed by atoms with Crippen molar-refractivity contribution in [2.45, 2.75) is 13.0 Å². The molecule has 0 bridgehead atoms. The number of hydrogen-bond acceptors (Lipinski definition) is 6. The van der Waals surface area contributed by atoms with Crippen LogP contribution in [0, 0.1) is 0 Å². The van der Waals surface area contributed by atoms with Gasteiger partial charge in [0.1, 0.15) is 5.82 Å². The molecule has 0 amide bonds. The van der Waals surface area contributed by atoms with E-state index in [1.807, 2.05) is 42.5 Å². The van der Waals surface area contributed by atoms with Crippen LogP contribution < -0.4 is 20.1 Å². The summed E-state index contributed by atoms with van der Waals surface area (Å²) in [6.45, 7) is 1.44. The second kappa shape index (κ2) is 9.43. The lowest BCUT2D eigenvalue weighted by molar-refractivity contribution is 0.354. The average molecular weight is 364 g/mol. The molecule has 27 heavy (non-hydrogen) atoms. The van der Waals surface area contributed by atoms with Gasteiger partial charge in [0.15, 0.2) is 11.5 Å². The number of ether oxygens (including phenoxy) is 2. The zero-order chi connectivity index (χ0) is 18.9. The van der Waals surface area contributed by atoms with E-state index < -0.39 is 0 Å². The van der Waals surface area contributed by atoms with Crippen molar-refractivity contribution in [1.82, 2.24) is 9.97 Å². The minimum atomic E-state index is 0.606. The largest absolute Gasteiger partial charge is 0.493 e. The first-order chi connectivity index (χ1) is 13.3. The van der Waals surface area contributed by atoms with Crippen molar-refractivity contribution in [1.29, 1.82) is 0 Å². The number of nitrogens with zero attached hydrogens (tertiary/aromatic N) is 2. The monoisotopic (exact) mass is 364 g/mol. The molecule has 0 fully saturated rings. The summed E-state index contributed by atoms with van der Waals surface area (Å²) in [5.41, 5.74) is 2.35. The van der Waals surface area contributed by atoms with Gasteiger partial charge in [-0.2, -0.15) is 4.98 Å². The highest BCUT2D eigenvalue weighted by molar-refractivity contribution is 5.44. The molecule has 0 saturated heterocycles. The highest BCUT2D eigenvalue weighted by Gasteiger charge is 2.05. The maximum Gasteiger partial charge on any atom is 0.224 e. The van der Waals surface area contributed by atoms with Crippen molar-refractivity contribution in [2.24, 2.45) is 0 Å². The summed E-state index contributed by atoms with van der Waals surface area (Å²) in [5, 5.41) is 6.58. The average Bonchev–Trinajstić information content (AvgIpc) is 2.73. The van der Waals surface area contributed by atoms with Crippen LogP contribution in [0.5, 0.6) is 11.5 Å². The number of benzene rings is 2. The predicted octanol–water partition coefficient (Wildman–Crippen LogP) is 3.76. The van der Waals surface area contributed by atoms with E-state index in [9.17, 15) is 0 Å². The van der Waals surface area contributed by atoms with Gasteiger partial charge in [0.2, 0.25) is 5.95 Å². The van der Waals surface area contributed by atoms with Gasteiger partial charge in [-0.1, -0.05) is 36.4 Å². The van der Waals surface area contributed by atoms with Gasteiger partial charge in [-0.15, -0.1) is 0 Å². The van der Waals surface area contributed by atoms with E-state index in [1.165, 1.54) is 5.56 Å². The lowest BCUT2D eigenvalue weighted by Crippen LogP contribution is -2.09. The lowest BCUT2D eigenvalue weighted by atomic mass is 10.1. The Morgan fingerprint density at radius 3 is 2.44 bits per heavy atom. The normalized spacial score (nSPS) is 10.3. The summed E-state index contributed by atoms with van der Waals surface area (Å²) in [6.07, 6.45) is 2.59. The second-order valence-electron chi connectivity index (χ2n) is 5.97. The van der Waals surface area contributed by atoms with E-state index in [0.29, 0.717) is 12.5 Å². The van der Waals surface area contributed by atoms with Gasteiger partial charge in [-0.05, 0) is 35.7 Å². The van der Waals surface area contributed by atoms with Crippen LogP contribution in [-0.2, 0) is 13.0 Å². The molecular weight excluding hydrogens is 340 g/mol. The maximum absolute atomic E-state index is 5.35. The van der Waals surface area contributed by atoms with E-state index in [2.05, 4.69) is 32.7 Å². The summed E-state index contributed by atoms with van der Waals surface area (Å²) in [7, 11) is 3.28. The Labute approximate surface area is 159 Å². The SMILES string of the molecule is COc1ccc(CCNc2ccnc(NCc3ccccc3)n2)cc1OC. The summed E-state index contributed by atoms with van der Waals surface area (Å²) in [4.78, 5) is 8.77. The van der Waals surface area contributed by atoms with Crippen molar-refractivity contribution in [3.8, 4) is 11.5 Å². The quantitative estimate of drug-likeness (QED) is 0.603. The van der Waals surface area contributed by atoms with Gasteiger partial charge >= 0.3 is 0 Å². The van der Waals surface area contributed by atoms with E-state index >= 15 is 0 Å². The summed E-state index contributed by atoms with van der Waals surface area (Å²) >= 11 is 0. The van der Waals surface area contributed by atoms with Gasteiger partial charge < -0.3 is 20.1 Å². The first kappa shape index (κ1) is 18.5. The molecule has 6 heteroatoms. The van der Waals surface area contributed by atoms with Crippen LogP contribution >= 0.6 is 0 Å². The third-order valence-electron chi connectivity index (χ3n) is 4.12. The highest BCUT2D eigenvalue weighted by atomic mass is 16.5. The van der Waals surface area contributed by atoms with E-state index in [1.54, 1.807) is 20.4 Å². The Balaban J connectivity index is 1.52. The van der Waals surface area contributed by atoms with Crippen molar-refractivity contribution in [3.63, 3.8) is 0 Å². The molecular formula is C21H24N4O2. The molecule has 0 aliphatic carbocycles. The topological polar surface area (TPSA) is 68.3 Å². The molecule has 6 nitrogen and oxygen atoms in total. The molecule has 2 N–H and O–H groups in total. The fourth-order valence-electron chi connectivity index (χ4n) is 2.69. The number of methoxy groups -OCH3 is 2. The standard InChI is InChI=1S/C21H24N4O2/c1-26-18-9-8-16(14-19(18)27-2)10-12-22-20-11-13-23-21(25-20)24-15-17-6-4-3-5-7-17/h3-9,11,13-14H,10,12,15H2,1-2H3,(H2,22,23,24,25). The van der Waals surface area contributed by atoms with Crippen LogP contribution in [0.1, 0.15) is 11.1 Å². The molecule has 3 rings (SSSR count). The molecule has 2 aromatic carbocycles. The Bertz CT molecular complexity index is 856. The van der Waals surface area contributed by atoms with Crippen LogP contribution in [0.25, 0.3) is 0 Å². The van der Waals surface area contributed by atoms with Gasteiger partial charge in [-0.25, -0.2) is 4.98 Å². The van der Waals surface area contributed by atoms with Crippen molar-refractivity contribution in [2.75, 3.05) is 31.4 Å². The van der Waals surface area contributed by atoms with Gasteiger partial charge in [0.05, 0.1) is 14.2 Å². The Kier molecular flexibility index (Phi) is 6.46. The van der Waals surface area contributed by atoms with Gasteiger partial charge in [0, 0.05) is 19.3 Å². The second-order valence-corrected chi connectivity index (χ2v) is 5.97. The Hall–Kier alpha value is -3.28. The molecule has 0 saturated carbocycles. The van der Waals surface area contributed by atoms with Crippen LogP contribution in [0.3, 0.4) is 0 Å². The number of aromatic nitrogens is 2. The Morgan fingerprint density at radius 2 is 1.67 bits per heavy atom. The van der Waals surface area contributed by atoms with E-state index in [0.717, 1.165) is 35.8 Å². The predicted molar refractivity (Wildman–Crippen MR) is 108 cm³/mol. The summed E-state index contributed by atoms with van der Waals surface area (Å²) < 4.78 is 10.6. The molecule has 0 spiro atoms. The van der Waals surface area contributed by atoms with Gasteiger partial charge in [-0.3, -0.25) is 0 Å². The van der Waals surface area contributed by atoms with Crippen LogP contribution in [0.2, 0.25) is 0 Å². The molecule has 0 aliphatic rings. The van der Waals surface area contributed by atoms with Crippen LogP contribution in [-0.4, -0.2) is 30.7 Å². The maximum atomic E-state index is 5.35. The molecule has 0 aliphatic heterocycles.